The van der Waals surface area contributed by atoms with Crippen LogP contribution in [0.1, 0.15) is 27.1 Å². The van der Waals surface area contributed by atoms with E-state index in [4.69, 9.17) is 0 Å². The molecule has 1 saturated heterocycles. The predicted octanol–water partition coefficient (Wildman–Crippen LogP) is 3.42. The van der Waals surface area contributed by atoms with Gasteiger partial charge in [0.05, 0.1) is 11.1 Å². The van der Waals surface area contributed by atoms with Crippen molar-refractivity contribution in [1.29, 1.82) is 0 Å². The minimum Gasteiger partial charge on any atom is -0.434 e. The zero-order valence-corrected chi connectivity index (χ0v) is 15.0. The molecule has 1 aliphatic heterocycles. The molecule has 148 valence electrons. The van der Waals surface area contributed by atoms with Gasteiger partial charge in [0.25, 0.3) is 11.8 Å². The molecule has 0 radical (unpaired) electrons. The second-order valence-corrected chi connectivity index (χ2v) is 6.29. The van der Waals surface area contributed by atoms with E-state index in [9.17, 15) is 22.8 Å². The smallest absolute Gasteiger partial charge is 0.387 e. The van der Waals surface area contributed by atoms with Crippen LogP contribution in [0, 0.1) is 5.82 Å². The van der Waals surface area contributed by atoms with Crippen molar-refractivity contribution >= 4 is 11.8 Å². The van der Waals surface area contributed by atoms with E-state index in [0.717, 1.165) is 0 Å². The molecular formula is C20H19F3N2O3. The fraction of sp³-hybridized carbons (Fsp3) is 0.300. The summed E-state index contributed by atoms with van der Waals surface area (Å²) < 4.78 is 43.5. The molecule has 0 unspecified atom stereocenters. The first-order chi connectivity index (χ1) is 13.5. The summed E-state index contributed by atoms with van der Waals surface area (Å²) in [7, 11) is 0. The molecule has 3 rings (SSSR count). The molecule has 0 saturated carbocycles. The standard InChI is InChI=1S/C20H19F3N2O3/c21-16-8-3-1-6-14(16)18(26)24-10-5-11-25(13-12-24)19(27)15-7-2-4-9-17(15)28-20(22)23/h1-4,6-9,20H,5,10-13H2. The van der Waals surface area contributed by atoms with Gasteiger partial charge in [-0.05, 0) is 30.7 Å². The molecular weight excluding hydrogens is 373 g/mol. The van der Waals surface area contributed by atoms with Crippen molar-refractivity contribution in [3.05, 3.63) is 65.5 Å². The number of carbonyl (C=O) groups excluding carboxylic acids is 2. The molecule has 0 aromatic heterocycles. The Kier molecular flexibility index (Phi) is 6.18. The molecule has 1 heterocycles. The summed E-state index contributed by atoms with van der Waals surface area (Å²) in [5.41, 5.74) is 0.0228. The Morgan fingerprint density at radius 1 is 0.821 bits per heavy atom. The molecule has 2 aromatic carbocycles. The Morgan fingerprint density at radius 3 is 1.96 bits per heavy atom. The van der Waals surface area contributed by atoms with E-state index in [1.165, 1.54) is 46.2 Å². The zero-order valence-electron chi connectivity index (χ0n) is 15.0. The van der Waals surface area contributed by atoms with Crippen LogP contribution in [0.2, 0.25) is 0 Å². The topological polar surface area (TPSA) is 49.9 Å². The van der Waals surface area contributed by atoms with E-state index in [-0.39, 0.29) is 30.0 Å². The van der Waals surface area contributed by atoms with Gasteiger partial charge in [-0.1, -0.05) is 24.3 Å². The number of carbonyl (C=O) groups is 2. The summed E-state index contributed by atoms with van der Waals surface area (Å²) in [5.74, 6) is -1.67. The number of benzene rings is 2. The van der Waals surface area contributed by atoms with E-state index in [2.05, 4.69) is 4.74 Å². The normalized spacial score (nSPS) is 14.7. The first kappa shape index (κ1) is 19.7. The lowest BCUT2D eigenvalue weighted by Crippen LogP contribution is -2.37. The summed E-state index contributed by atoms with van der Waals surface area (Å²) in [6.07, 6.45) is 0.490. The van der Waals surface area contributed by atoms with Gasteiger partial charge in [0.15, 0.2) is 0 Å². The largest absolute Gasteiger partial charge is 0.434 e. The Balaban J connectivity index is 1.71. The van der Waals surface area contributed by atoms with Gasteiger partial charge < -0.3 is 14.5 Å². The van der Waals surface area contributed by atoms with E-state index >= 15 is 0 Å². The molecule has 1 aliphatic rings. The third-order valence-electron chi connectivity index (χ3n) is 4.51. The SMILES string of the molecule is O=C(c1ccccc1F)N1CCCN(C(=O)c2ccccc2OC(F)F)CC1. The highest BCUT2D eigenvalue weighted by molar-refractivity contribution is 5.97. The van der Waals surface area contributed by atoms with Gasteiger partial charge in [-0.25, -0.2) is 4.39 Å². The highest BCUT2D eigenvalue weighted by Crippen LogP contribution is 2.23. The van der Waals surface area contributed by atoms with Gasteiger partial charge >= 0.3 is 6.61 Å². The van der Waals surface area contributed by atoms with Crippen LogP contribution >= 0.6 is 0 Å². The second kappa shape index (κ2) is 8.77. The van der Waals surface area contributed by atoms with Crippen molar-refractivity contribution in [3.8, 4) is 5.75 Å². The van der Waals surface area contributed by atoms with Gasteiger partial charge in [0.1, 0.15) is 11.6 Å². The quantitative estimate of drug-likeness (QED) is 0.801. The van der Waals surface area contributed by atoms with Crippen molar-refractivity contribution in [3.63, 3.8) is 0 Å². The minimum absolute atomic E-state index is 0.0158. The van der Waals surface area contributed by atoms with Crippen LogP contribution in [0.4, 0.5) is 13.2 Å². The third kappa shape index (κ3) is 4.44. The number of para-hydroxylation sites is 1. The second-order valence-electron chi connectivity index (χ2n) is 6.29. The molecule has 28 heavy (non-hydrogen) atoms. The first-order valence-corrected chi connectivity index (χ1v) is 8.84. The summed E-state index contributed by atoms with van der Waals surface area (Å²) in [6.45, 7) is -1.89. The van der Waals surface area contributed by atoms with E-state index in [1.54, 1.807) is 12.1 Å². The summed E-state index contributed by atoms with van der Waals surface area (Å²) >= 11 is 0. The van der Waals surface area contributed by atoms with Gasteiger partial charge in [-0.3, -0.25) is 9.59 Å². The van der Waals surface area contributed by atoms with E-state index in [0.29, 0.717) is 19.5 Å². The number of alkyl halides is 2. The Bertz CT molecular complexity index is 860. The summed E-state index contributed by atoms with van der Waals surface area (Å²) in [6, 6.07) is 11.5. The summed E-state index contributed by atoms with van der Waals surface area (Å²) in [5, 5.41) is 0. The maximum atomic E-state index is 13.9. The fourth-order valence-electron chi connectivity index (χ4n) is 3.14. The van der Waals surface area contributed by atoms with Crippen molar-refractivity contribution in [2.24, 2.45) is 0 Å². The lowest BCUT2D eigenvalue weighted by Gasteiger charge is -2.23. The number of ether oxygens (including phenoxy) is 1. The molecule has 5 nitrogen and oxygen atoms in total. The molecule has 2 aromatic rings. The third-order valence-corrected chi connectivity index (χ3v) is 4.51. The Hall–Kier alpha value is -3.03. The van der Waals surface area contributed by atoms with Crippen LogP contribution in [0.3, 0.4) is 0 Å². The molecule has 0 aliphatic carbocycles. The average Bonchev–Trinajstić information content (AvgIpc) is 2.93. The van der Waals surface area contributed by atoms with Crippen molar-refractivity contribution in [2.45, 2.75) is 13.0 Å². The average molecular weight is 392 g/mol. The molecule has 2 amide bonds. The molecule has 0 spiro atoms. The highest BCUT2D eigenvalue weighted by atomic mass is 19.3. The molecule has 0 N–H and O–H groups in total. The molecule has 8 heteroatoms. The minimum atomic E-state index is -3.04. The number of nitrogens with zero attached hydrogens (tertiary/aromatic N) is 2. The zero-order chi connectivity index (χ0) is 20.1. The van der Waals surface area contributed by atoms with E-state index < -0.39 is 24.2 Å². The predicted molar refractivity (Wildman–Crippen MR) is 95.9 cm³/mol. The number of hydrogen-bond donors (Lipinski definition) is 0. The molecule has 1 fully saturated rings. The number of hydrogen-bond acceptors (Lipinski definition) is 3. The van der Waals surface area contributed by atoms with Gasteiger partial charge in [-0.2, -0.15) is 8.78 Å². The number of amides is 2. The first-order valence-electron chi connectivity index (χ1n) is 8.84. The Labute approximate surface area is 160 Å². The Morgan fingerprint density at radius 2 is 1.36 bits per heavy atom. The monoisotopic (exact) mass is 392 g/mol. The van der Waals surface area contributed by atoms with Crippen molar-refractivity contribution in [1.82, 2.24) is 9.80 Å². The highest BCUT2D eigenvalue weighted by Gasteiger charge is 2.26. The summed E-state index contributed by atoms with van der Waals surface area (Å²) in [4.78, 5) is 28.3. The number of rotatable bonds is 4. The maximum absolute atomic E-state index is 13.9. The van der Waals surface area contributed by atoms with Crippen molar-refractivity contribution < 1.29 is 27.5 Å². The van der Waals surface area contributed by atoms with E-state index in [1.807, 2.05) is 0 Å². The lowest BCUT2D eigenvalue weighted by molar-refractivity contribution is -0.0502. The van der Waals surface area contributed by atoms with Crippen LogP contribution in [0.25, 0.3) is 0 Å². The van der Waals surface area contributed by atoms with Gasteiger partial charge in [0, 0.05) is 26.2 Å². The van der Waals surface area contributed by atoms with Crippen LogP contribution in [0.5, 0.6) is 5.75 Å². The lowest BCUT2D eigenvalue weighted by atomic mass is 10.1. The van der Waals surface area contributed by atoms with Crippen LogP contribution in [-0.4, -0.2) is 54.4 Å². The van der Waals surface area contributed by atoms with Crippen LogP contribution in [-0.2, 0) is 0 Å². The molecule has 0 atom stereocenters. The van der Waals surface area contributed by atoms with Crippen LogP contribution in [0.15, 0.2) is 48.5 Å². The number of halogens is 3. The fourth-order valence-corrected chi connectivity index (χ4v) is 3.14. The molecule has 0 bridgehead atoms. The van der Waals surface area contributed by atoms with Crippen molar-refractivity contribution in [2.75, 3.05) is 26.2 Å². The van der Waals surface area contributed by atoms with Gasteiger partial charge in [0.2, 0.25) is 0 Å². The van der Waals surface area contributed by atoms with Gasteiger partial charge in [-0.15, -0.1) is 0 Å². The van der Waals surface area contributed by atoms with Crippen LogP contribution < -0.4 is 4.74 Å². The maximum Gasteiger partial charge on any atom is 0.387 e.